The summed E-state index contributed by atoms with van der Waals surface area (Å²) >= 11 is 0. The Morgan fingerprint density at radius 2 is 1.64 bits per heavy atom. The van der Waals surface area contributed by atoms with E-state index in [-0.39, 0.29) is 18.8 Å². The SMILES string of the molecule is CCOC(=O)C(C(=O)OCC)=C(O)c1ccccc1[N+](=O)[O-]. The fraction of sp³-hybridized carbons (Fsp3) is 0.286. The summed E-state index contributed by atoms with van der Waals surface area (Å²) in [7, 11) is 0. The molecule has 0 heterocycles. The number of nitro groups is 1. The number of para-hydroxylation sites is 1. The minimum Gasteiger partial charge on any atom is -0.506 e. The summed E-state index contributed by atoms with van der Waals surface area (Å²) in [6, 6.07) is 5.17. The molecular weight excluding hydrogens is 294 g/mol. The lowest BCUT2D eigenvalue weighted by molar-refractivity contribution is -0.385. The molecule has 8 heteroatoms. The van der Waals surface area contributed by atoms with Crippen LogP contribution < -0.4 is 0 Å². The van der Waals surface area contributed by atoms with Gasteiger partial charge in [0, 0.05) is 6.07 Å². The Kier molecular flexibility index (Phi) is 6.06. The molecule has 0 aromatic heterocycles. The highest BCUT2D eigenvalue weighted by Crippen LogP contribution is 2.27. The molecule has 0 fully saturated rings. The maximum absolute atomic E-state index is 11.8. The number of nitrogens with zero attached hydrogens (tertiary/aromatic N) is 1. The Morgan fingerprint density at radius 1 is 1.14 bits per heavy atom. The lowest BCUT2D eigenvalue weighted by Gasteiger charge is -2.09. The van der Waals surface area contributed by atoms with E-state index in [1.165, 1.54) is 32.0 Å². The molecule has 0 amide bonds. The zero-order valence-electron chi connectivity index (χ0n) is 12.1. The van der Waals surface area contributed by atoms with E-state index in [2.05, 4.69) is 9.47 Å². The van der Waals surface area contributed by atoms with Crippen molar-refractivity contribution in [3.8, 4) is 0 Å². The van der Waals surface area contributed by atoms with Crippen LogP contribution in [0.4, 0.5) is 5.69 Å². The lowest BCUT2D eigenvalue weighted by Crippen LogP contribution is -2.20. The maximum Gasteiger partial charge on any atom is 0.349 e. The Hall–Kier alpha value is -2.90. The van der Waals surface area contributed by atoms with Gasteiger partial charge in [-0.25, -0.2) is 9.59 Å². The number of benzene rings is 1. The number of hydrogen-bond donors (Lipinski definition) is 1. The van der Waals surface area contributed by atoms with Crippen LogP contribution in [0.25, 0.3) is 5.76 Å². The van der Waals surface area contributed by atoms with E-state index in [1.807, 2.05) is 0 Å². The third-order valence-corrected chi connectivity index (χ3v) is 2.55. The first-order valence-electron chi connectivity index (χ1n) is 6.45. The fourth-order valence-corrected chi connectivity index (χ4v) is 1.65. The second kappa shape index (κ2) is 7.77. The summed E-state index contributed by atoms with van der Waals surface area (Å²) < 4.78 is 9.37. The fourth-order valence-electron chi connectivity index (χ4n) is 1.65. The van der Waals surface area contributed by atoms with Gasteiger partial charge in [-0.15, -0.1) is 0 Å². The van der Waals surface area contributed by atoms with Gasteiger partial charge < -0.3 is 14.6 Å². The third-order valence-electron chi connectivity index (χ3n) is 2.55. The second-order valence-electron chi connectivity index (χ2n) is 3.94. The van der Waals surface area contributed by atoms with E-state index in [1.54, 1.807) is 0 Å². The van der Waals surface area contributed by atoms with Gasteiger partial charge in [-0.3, -0.25) is 10.1 Å². The average molecular weight is 309 g/mol. The molecule has 1 rings (SSSR count). The van der Waals surface area contributed by atoms with Crippen LogP contribution in [0.15, 0.2) is 29.8 Å². The van der Waals surface area contributed by atoms with Crippen LogP contribution in [0, 0.1) is 10.1 Å². The Morgan fingerprint density at radius 3 is 2.09 bits per heavy atom. The van der Waals surface area contributed by atoms with E-state index in [0.29, 0.717) is 0 Å². The maximum atomic E-state index is 11.8. The Labute approximate surface area is 126 Å². The standard InChI is InChI=1S/C14H15NO7/c1-3-21-13(17)11(14(18)22-4-2)12(16)9-7-5-6-8-10(9)15(19)20/h5-8,16H,3-4H2,1-2H3. The monoisotopic (exact) mass is 309 g/mol. The number of aliphatic hydroxyl groups is 1. The van der Waals surface area contributed by atoms with E-state index in [4.69, 9.17) is 0 Å². The molecule has 0 aliphatic carbocycles. The topological polar surface area (TPSA) is 116 Å². The van der Waals surface area contributed by atoms with Crippen molar-refractivity contribution in [1.82, 2.24) is 0 Å². The minimum atomic E-state index is -1.11. The molecule has 118 valence electrons. The van der Waals surface area contributed by atoms with Gasteiger partial charge in [0.2, 0.25) is 0 Å². The van der Waals surface area contributed by atoms with Gasteiger partial charge in [0.1, 0.15) is 0 Å². The predicted octanol–water partition coefficient (Wildman–Crippen LogP) is 1.99. The van der Waals surface area contributed by atoms with Crippen LogP contribution in [0.5, 0.6) is 0 Å². The van der Waals surface area contributed by atoms with Crippen LogP contribution in [0.3, 0.4) is 0 Å². The number of aliphatic hydroxyl groups excluding tert-OH is 1. The number of ether oxygens (including phenoxy) is 2. The molecule has 8 nitrogen and oxygen atoms in total. The number of carbonyl (C=O) groups is 2. The van der Waals surface area contributed by atoms with Crippen molar-refractivity contribution in [2.45, 2.75) is 13.8 Å². The molecule has 0 spiro atoms. The van der Waals surface area contributed by atoms with Crippen LogP contribution >= 0.6 is 0 Å². The highest BCUT2D eigenvalue weighted by Gasteiger charge is 2.30. The summed E-state index contributed by atoms with van der Waals surface area (Å²) in [4.78, 5) is 33.9. The third kappa shape index (κ3) is 3.81. The van der Waals surface area contributed by atoms with E-state index in [9.17, 15) is 24.8 Å². The van der Waals surface area contributed by atoms with Crippen LogP contribution in [0.2, 0.25) is 0 Å². The first-order valence-corrected chi connectivity index (χ1v) is 6.45. The molecule has 0 unspecified atom stereocenters. The van der Waals surface area contributed by atoms with Crippen molar-refractivity contribution >= 4 is 23.4 Å². The Balaban J connectivity index is 3.48. The predicted molar refractivity (Wildman–Crippen MR) is 75.9 cm³/mol. The van der Waals surface area contributed by atoms with Crippen LogP contribution in [-0.2, 0) is 19.1 Å². The van der Waals surface area contributed by atoms with E-state index < -0.39 is 33.9 Å². The molecule has 0 atom stereocenters. The molecule has 1 aromatic carbocycles. The molecule has 1 N–H and O–H groups in total. The largest absolute Gasteiger partial charge is 0.506 e. The number of carbonyl (C=O) groups excluding carboxylic acids is 2. The highest BCUT2D eigenvalue weighted by atomic mass is 16.6. The summed E-state index contributed by atoms with van der Waals surface area (Å²) in [6.07, 6.45) is 0. The summed E-state index contributed by atoms with van der Waals surface area (Å²) in [5.41, 5.74) is -1.51. The summed E-state index contributed by atoms with van der Waals surface area (Å²) in [6.45, 7) is 2.96. The van der Waals surface area contributed by atoms with Gasteiger partial charge in [0.15, 0.2) is 11.3 Å². The van der Waals surface area contributed by atoms with E-state index >= 15 is 0 Å². The van der Waals surface area contributed by atoms with Gasteiger partial charge in [-0.1, -0.05) is 12.1 Å². The summed E-state index contributed by atoms with van der Waals surface area (Å²) in [5, 5.41) is 21.2. The van der Waals surface area contributed by atoms with Gasteiger partial charge in [-0.2, -0.15) is 0 Å². The first kappa shape index (κ1) is 17.2. The van der Waals surface area contributed by atoms with E-state index in [0.717, 1.165) is 6.07 Å². The van der Waals surface area contributed by atoms with Crippen molar-refractivity contribution in [2.75, 3.05) is 13.2 Å². The first-order chi connectivity index (χ1) is 10.4. The minimum absolute atomic E-state index is 0.0358. The molecule has 0 radical (unpaired) electrons. The van der Waals surface area contributed by atoms with Crippen molar-refractivity contribution in [3.05, 3.63) is 45.5 Å². The molecule has 0 saturated carbocycles. The Bertz CT molecular complexity index is 601. The molecule has 0 aliphatic rings. The second-order valence-corrected chi connectivity index (χ2v) is 3.94. The highest BCUT2D eigenvalue weighted by molar-refractivity contribution is 6.19. The molecule has 1 aromatic rings. The molecule has 22 heavy (non-hydrogen) atoms. The quantitative estimate of drug-likeness (QED) is 0.162. The van der Waals surface area contributed by atoms with Crippen LogP contribution in [0.1, 0.15) is 19.4 Å². The van der Waals surface area contributed by atoms with Crippen molar-refractivity contribution in [1.29, 1.82) is 0 Å². The number of nitro benzene ring substituents is 1. The zero-order chi connectivity index (χ0) is 16.7. The molecule has 0 saturated heterocycles. The summed E-state index contributed by atoms with van der Waals surface area (Å²) in [5.74, 6) is -3.09. The van der Waals surface area contributed by atoms with Gasteiger partial charge in [0.05, 0.1) is 23.7 Å². The van der Waals surface area contributed by atoms with Crippen molar-refractivity contribution in [2.24, 2.45) is 0 Å². The molecule has 0 bridgehead atoms. The number of esters is 2. The molecular formula is C14H15NO7. The number of rotatable bonds is 6. The molecule has 0 aliphatic heterocycles. The van der Waals surface area contributed by atoms with Crippen LogP contribution in [-0.4, -0.2) is 35.2 Å². The van der Waals surface area contributed by atoms with Gasteiger partial charge in [0.25, 0.3) is 5.69 Å². The number of hydrogen-bond acceptors (Lipinski definition) is 7. The van der Waals surface area contributed by atoms with Crippen molar-refractivity contribution in [3.63, 3.8) is 0 Å². The smallest absolute Gasteiger partial charge is 0.349 e. The van der Waals surface area contributed by atoms with Crippen molar-refractivity contribution < 1.29 is 29.1 Å². The average Bonchev–Trinajstić information content (AvgIpc) is 2.47. The lowest BCUT2D eigenvalue weighted by atomic mass is 10.1. The zero-order valence-corrected chi connectivity index (χ0v) is 12.1. The van der Waals surface area contributed by atoms with Gasteiger partial charge in [-0.05, 0) is 19.9 Å². The normalized spacial score (nSPS) is 9.73. The van der Waals surface area contributed by atoms with Gasteiger partial charge >= 0.3 is 11.9 Å².